The third-order valence-electron chi connectivity index (χ3n) is 7.25. The minimum absolute atomic E-state index is 0.00689. The van der Waals surface area contributed by atoms with Crippen molar-refractivity contribution in [2.45, 2.75) is 24.8 Å². The third kappa shape index (κ3) is 4.58. The number of nitrogens with one attached hydrogen (secondary N) is 1. The van der Waals surface area contributed by atoms with Crippen LogP contribution in [-0.2, 0) is 11.2 Å². The van der Waals surface area contributed by atoms with Crippen molar-refractivity contribution in [2.75, 3.05) is 51.1 Å². The summed E-state index contributed by atoms with van der Waals surface area (Å²) in [6.45, 7) is 2.09. The normalized spacial score (nSPS) is 24.6. The Morgan fingerprint density at radius 3 is 2.69 bits per heavy atom. The van der Waals surface area contributed by atoms with Gasteiger partial charge in [0.15, 0.2) is 0 Å². The average molecular weight is 499 g/mol. The van der Waals surface area contributed by atoms with Crippen molar-refractivity contribution in [2.24, 2.45) is 0 Å². The number of likely N-dealkylation sites (tertiary alicyclic amines) is 1. The Labute approximate surface area is 210 Å². The Morgan fingerprint density at radius 2 is 1.91 bits per heavy atom. The van der Waals surface area contributed by atoms with Crippen molar-refractivity contribution in [3.05, 3.63) is 68.7 Å². The minimum Gasteiger partial charge on any atom is -0.382 e. The summed E-state index contributed by atoms with van der Waals surface area (Å²) in [7, 11) is 0. The predicted molar refractivity (Wildman–Crippen MR) is 133 cm³/mol. The molecule has 184 valence electrons. The number of halogens is 1. The molecule has 0 aromatic heterocycles. The molecule has 0 aliphatic carbocycles. The first-order valence-electron chi connectivity index (χ1n) is 12.4. The fraction of sp³-hybridized carbons (Fsp3) is 0.440. The molecule has 0 saturated carbocycles. The highest BCUT2D eigenvalue weighted by atomic mass is 35.5. The van der Waals surface area contributed by atoms with Gasteiger partial charge < -0.3 is 15.1 Å². The van der Waals surface area contributed by atoms with Gasteiger partial charge in [-0.3, -0.25) is 24.6 Å². The number of carbonyl (C=O) groups is 2. The SMILES string of the molecule is [2H]C1Nc2ccccc2CC12CCCN2C(=O)CN1CCN(C(=O)c2cc([N+](=O)[O-])ccc2Cl)CC1. The molecule has 3 aliphatic rings. The van der Waals surface area contributed by atoms with Crippen LogP contribution in [-0.4, -0.2) is 82.8 Å². The van der Waals surface area contributed by atoms with E-state index in [4.69, 9.17) is 13.0 Å². The highest BCUT2D eigenvalue weighted by molar-refractivity contribution is 6.33. The average Bonchev–Trinajstić information content (AvgIpc) is 3.29. The number of carbonyl (C=O) groups excluding carboxylic acids is 2. The van der Waals surface area contributed by atoms with Gasteiger partial charge in [0.05, 0.1) is 29.0 Å². The van der Waals surface area contributed by atoms with Crippen molar-refractivity contribution in [3.8, 4) is 0 Å². The smallest absolute Gasteiger partial charge is 0.270 e. The van der Waals surface area contributed by atoms with E-state index in [1.54, 1.807) is 4.90 Å². The van der Waals surface area contributed by atoms with Gasteiger partial charge in [-0.15, -0.1) is 0 Å². The number of nitrogens with zero attached hydrogens (tertiary/aromatic N) is 4. The molecule has 5 rings (SSSR count). The maximum absolute atomic E-state index is 13.4. The van der Waals surface area contributed by atoms with Gasteiger partial charge in [-0.1, -0.05) is 29.8 Å². The van der Waals surface area contributed by atoms with Gasteiger partial charge in [0.2, 0.25) is 5.91 Å². The van der Waals surface area contributed by atoms with Crippen LogP contribution in [0.25, 0.3) is 0 Å². The summed E-state index contributed by atoms with van der Waals surface area (Å²) in [5, 5.41) is 14.6. The van der Waals surface area contributed by atoms with E-state index >= 15 is 0 Å². The summed E-state index contributed by atoms with van der Waals surface area (Å²) >= 11 is 6.15. The van der Waals surface area contributed by atoms with Crippen LogP contribution in [0.4, 0.5) is 11.4 Å². The fourth-order valence-corrected chi connectivity index (χ4v) is 5.56. The Balaban J connectivity index is 1.22. The van der Waals surface area contributed by atoms with E-state index in [2.05, 4.69) is 11.4 Å². The van der Waals surface area contributed by atoms with Crippen LogP contribution in [0.5, 0.6) is 0 Å². The molecule has 3 heterocycles. The summed E-state index contributed by atoms with van der Waals surface area (Å²) in [6.07, 6.45) is 2.33. The number of amides is 2. The molecule has 35 heavy (non-hydrogen) atoms. The van der Waals surface area contributed by atoms with Gasteiger partial charge in [0.1, 0.15) is 0 Å². The molecular weight excluding hydrogens is 470 g/mol. The number of fused-ring (bicyclic) bond motifs is 1. The minimum atomic E-state index is -0.590. The maximum Gasteiger partial charge on any atom is 0.270 e. The van der Waals surface area contributed by atoms with E-state index in [1.807, 2.05) is 28.0 Å². The molecule has 2 aromatic rings. The summed E-state index contributed by atoms with van der Waals surface area (Å²) in [5.41, 5.74) is 1.47. The molecule has 3 aliphatic heterocycles. The Kier molecular flexibility index (Phi) is 6.03. The van der Waals surface area contributed by atoms with Crippen molar-refractivity contribution in [1.29, 1.82) is 0 Å². The largest absolute Gasteiger partial charge is 0.382 e. The molecule has 2 atom stereocenters. The molecule has 10 heteroatoms. The number of benzene rings is 2. The molecule has 2 fully saturated rings. The number of non-ortho nitro benzene ring substituents is 1. The zero-order valence-electron chi connectivity index (χ0n) is 20.3. The van der Waals surface area contributed by atoms with Gasteiger partial charge >= 0.3 is 0 Å². The van der Waals surface area contributed by atoms with Crippen molar-refractivity contribution < 1.29 is 15.9 Å². The second-order valence-corrected chi connectivity index (χ2v) is 9.77. The molecular formula is C25H28ClN5O4. The summed E-state index contributed by atoms with van der Waals surface area (Å²) in [4.78, 5) is 42.5. The molecule has 2 amide bonds. The zero-order valence-corrected chi connectivity index (χ0v) is 20.0. The first kappa shape index (κ1) is 22.3. The van der Waals surface area contributed by atoms with Gasteiger partial charge in [0.25, 0.3) is 11.6 Å². The van der Waals surface area contributed by atoms with Gasteiger partial charge in [-0.25, -0.2) is 0 Å². The van der Waals surface area contributed by atoms with Crippen LogP contribution in [0, 0.1) is 10.1 Å². The third-order valence-corrected chi connectivity index (χ3v) is 7.58. The maximum atomic E-state index is 13.4. The zero-order chi connectivity index (χ0) is 25.4. The second-order valence-electron chi connectivity index (χ2n) is 9.36. The quantitative estimate of drug-likeness (QED) is 0.514. The topological polar surface area (TPSA) is 99.0 Å². The van der Waals surface area contributed by atoms with E-state index in [0.717, 1.165) is 24.1 Å². The van der Waals surface area contributed by atoms with Crippen LogP contribution < -0.4 is 5.32 Å². The van der Waals surface area contributed by atoms with Crippen molar-refractivity contribution in [1.82, 2.24) is 14.7 Å². The summed E-state index contributed by atoms with van der Waals surface area (Å²) in [6, 6.07) is 11.8. The fourth-order valence-electron chi connectivity index (χ4n) is 5.36. The summed E-state index contributed by atoms with van der Waals surface area (Å²) in [5.74, 6) is -0.343. The molecule has 2 saturated heterocycles. The Bertz CT molecular complexity index is 1200. The van der Waals surface area contributed by atoms with Crippen LogP contribution in [0.2, 0.25) is 5.02 Å². The number of hydrogen-bond donors (Lipinski definition) is 1. The number of nitro benzene ring substituents is 1. The number of nitro groups is 1. The van der Waals surface area contributed by atoms with Crippen molar-refractivity contribution >= 4 is 34.8 Å². The highest BCUT2D eigenvalue weighted by Gasteiger charge is 2.45. The lowest BCUT2D eigenvalue weighted by molar-refractivity contribution is -0.384. The molecule has 0 bridgehead atoms. The van der Waals surface area contributed by atoms with E-state index in [-0.39, 0.29) is 34.6 Å². The molecule has 1 N–H and O–H groups in total. The van der Waals surface area contributed by atoms with Gasteiger partial charge in [-0.2, -0.15) is 0 Å². The van der Waals surface area contributed by atoms with Gasteiger partial charge in [0, 0.05) is 57.1 Å². The number of rotatable bonds is 4. The molecule has 1 spiro atoms. The van der Waals surface area contributed by atoms with E-state index in [1.165, 1.54) is 18.2 Å². The second kappa shape index (κ2) is 9.47. The molecule has 0 radical (unpaired) electrons. The number of hydrogen-bond acceptors (Lipinski definition) is 6. The van der Waals surface area contributed by atoms with Crippen LogP contribution in [0.1, 0.15) is 30.1 Å². The number of piperazine rings is 1. The highest BCUT2D eigenvalue weighted by Crippen LogP contribution is 2.38. The lowest BCUT2D eigenvalue weighted by Gasteiger charge is -2.44. The molecule has 9 nitrogen and oxygen atoms in total. The summed E-state index contributed by atoms with van der Waals surface area (Å²) < 4.78 is 8.79. The Morgan fingerprint density at radius 1 is 1.14 bits per heavy atom. The molecule has 2 unspecified atom stereocenters. The predicted octanol–water partition coefficient (Wildman–Crippen LogP) is 3.04. The van der Waals surface area contributed by atoms with Crippen molar-refractivity contribution in [3.63, 3.8) is 0 Å². The first-order chi connectivity index (χ1) is 17.3. The number of para-hydroxylation sites is 1. The van der Waals surface area contributed by atoms with E-state index in [0.29, 0.717) is 39.1 Å². The van der Waals surface area contributed by atoms with Crippen LogP contribution in [0.3, 0.4) is 0 Å². The van der Waals surface area contributed by atoms with E-state index < -0.39 is 17.0 Å². The standard InChI is InChI=1S/C25H28ClN5O4/c26-21-7-6-19(31(34)35)14-20(21)24(33)29-12-10-28(11-13-29)16-23(32)30-9-3-8-25(30)15-18-4-1-2-5-22(18)27-17-25/h1-2,4-7,14,27H,3,8-13,15-17H2/i17D. The number of anilines is 1. The molecule has 2 aromatic carbocycles. The van der Waals surface area contributed by atoms with Crippen LogP contribution in [0.15, 0.2) is 42.5 Å². The van der Waals surface area contributed by atoms with E-state index in [9.17, 15) is 19.7 Å². The first-order valence-corrected chi connectivity index (χ1v) is 12.2. The lowest BCUT2D eigenvalue weighted by atomic mass is 9.84. The van der Waals surface area contributed by atoms with Crippen LogP contribution >= 0.6 is 11.6 Å². The van der Waals surface area contributed by atoms with Gasteiger partial charge in [-0.05, 0) is 37.0 Å². The Hall–Kier alpha value is -3.17. The lowest BCUT2D eigenvalue weighted by Crippen LogP contribution is -2.58. The monoisotopic (exact) mass is 498 g/mol.